The van der Waals surface area contributed by atoms with Gasteiger partial charge in [0.05, 0.1) is 5.56 Å². The fourth-order valence-corrected chi connectivity index (χ4v) is 1.76. The maximum absolute atomic E-state index is 12.0. The van der Waals surface area contributed by atoms with Crippen molar-refractivity contribution in [2.45, 2.75) is 39.7 Å². The third-order valence-corrected chi connectivity index (χ3v) is 2.79. The lowest BCUT2D eigenvalue weighted by Crippen LogP contribution is -2.27. The Morgan fingerprint density at radius 2 is 1.94 bits per heavy atom. The summed E-state index contributed by atoms with van der Waals surface area (Å²) in [5.74, 6) is -1.09. The molecule has 0 spiro atoms. The van der Waals surface area contributed by atoms with Crippen molar-refractivity contribution < 1.29 is 14.7 Å². The van der Waals surface area contributed by atoms with Crippen molar-refractivity contribution in [1.82, 2.24) is 4.57 Å². The number of Topliss-reactive ketones (excluding diaryl/α,β-unsaturated/α-hetero) is 1. The monoisotopic (exact) mass is 251 g/mol. The highest BCUT2D eigenvalue weighted by Gasteiger charge is 2.09. The molecule has 1 aromatic heterocycles. The van der Waals surface area contributed by atoms with Gasteiger partial charge in [0, 0.05) is 18.7 Å². The predicted molar refractivity (Wildman–Crippen MR) is 66.9 cm³/mol. The molecule has 0 saturated carbocycles. The molecule has 0 saturated heterocycles. The number of nitrogens with zero attached hydrogens (tertiary/aromatic N) is 1. The predicted octanol–water partition coefficient (Wildman–Crippen LogP) is 1.61. The summed E-state index contributed by atoms with van der Waals surface area (Å²) in [5, 5.41) is 8.52. The minimum absolute atomic E-state index is 0.0974. The van der Waals surface area contributed by atoms with Gasteiger partial charge in [0.15, 0.2) is 5.78 Å². The number of unbranched alkanes of at least 4 members (excludes halogenated alkanes) is 1. The van der Waals surface area contributed by atoms with Crippen molar-refractivity contribution >= 4 is 11.8 Å². The number of carbonyl (C=O) groups is 2. The first-order valence-corrected chi connectivity index (χ1v) is 5.86. The van der Waals surface area contributed by atoms with Crippen molar-refractivity contribution in [3.05, 3.63) is 33.7 Å². The van der Waals surface area contributed by atoms with Gasteiger partial charge in [-0.2, -0.15) is 0 Å². The van der Waals surface area contributed by atoms with Crippen LogP contribution < -0.4 is 5.56 Å². The van der Waals surface area contributed by atoms with E-state index >= 15 is 0 Å². The number of pyridine rings is 1. The van der Waals surface area contributed by atoms with E-state index in [2.05, 4.69) is 0 Å². The molecule has 1 rings (SSSR count). The number of aromatic nitrogens is 1. The summed E-state index contributed by atoms with van der Waals surface area (Å²) in [6.45, 7) is 3.60. The van der Waals surface area contributed by atoms with Crippen LogP contribution in [0.2, 0.25) is 0 Å². The topological polar surface area (TPSA) is 76.4 Å². The molecule has 0 amide bonds. The van der Waals surface area contributed by atoms with Crippen LogP contribution >= 0.6 is 0 Å². The quantitative estimate of drug-likeness (QED) is 0.615. The Hall–Kier alpha value is -1.91. The van der Waals surface area contributed by atoms with E-state index in [1.165, 1.54) is 17.6 Å². The molecule has 98 valence electrons. The molecule has 1 aromatic rings. The van der Waals surface area contributed by atoms with Crippen molar-refractivity contribution in [2.24, 2.45) is 0 Å². The van der Waals surface area contributed by atoms with Crippen molar-refractivity contribution in [3.63, 3.8) is 0 Å². The van der Waals surface area contributed by atoms with Gasteiger partial charge in [-0.15, -0.1) is 0 Å². The minimum atomic E-state index is -0.837. The van der Waals surface area contributed by atoms with Crippen LogP contribution in [0.3, 0.4) is 0 Å². The van der Waals surface area contributed by atoms with Crippen molar-refractivity contribution in [3.8, 4) is 0 Å². The van der Waals surface area contributed by atoms with Crippen LogP contribution in [0.1, 0.15) is 42.2 Å². The number of carboxylic acid groups (broad SMARTS) is 1. The number of carbonyl (C=O) groups excluding carboxylic acids is 1. The zero-order chi connectivity index (χ0) is 13.7. The van der Waals surface area contributed by atoms with Crippen LogP contribution in [0.25, 0.3) is 0 Å². The molecule has 0 radical (unpaired) electrons. The standard InChI is InChI=1S/C13H17NO4/c1-9-6-7-11(10(2)15)13(18)14(9)8-4-3-5-12(16)17/h6-7H,3-5,8H2,1-2H3,(H,16,17). The second kappa shape index (κ2) is 6.14. The van der Waals surface area contributed by atoms with E-state index in [0.29, 0.717) is 19.4 Å². The average molecular weight is 251 g/mol. The lowest BCUT2D eigenvalue weighted by molar-refractivity contribution is -0.137. The summed E-state index contributed by atoms with van der Waals surface area (Å²) in [7, 11) is 0. The number of carboxylic acids is 1. The molecule has 1 heterocycles. The lowest BCUT2D eigenvalue weighted by Gasteiger charge is -2.10. The number of rotatable bonds is 6. The maximum Gasteiger partial charge on any atom is 0.303 e. The lowest BCUT2D eigenvalue weighted by atomic mass is 10.1. The van der Waals surface area contributed by atoms with E-state index in [1.807, 2.05) is 0 Å². The second-order valence-corrected chi connectivity index (χ2v) is 4.25. The van der Waals surface area contributed by atoms with Gasteiger partial charge in [0.25, 0.3) is 5.56 Å². The highest BCUT2D eigenvalue weighted by Crippen LogP contribution is 2.03. The summed E-state index contributed by atoms with van der Waals surface area (Å²) in [6.07, 6.45) is 1.22. The average Bonchev–Trinajstić information content (AvgIpc) is 2.26. The second-order valence-electron chi connectivity index (χ2n) is 4.25. The van der Waals surface area contributed by atoms with Crippen LogP contribution in [0, 0.1) is 6.92 Å². The number of hydrogen-bond donors (Lipinski definition) is 1. The fraction of sp³-hybridized carbons (Fsp3) is 0.462. The molecule has 0 fully saturated rings. The van der Waals surface area contributed by atoms with Crippen LogP contribution in [0.5, 0.6) is 0 Å². The molecule has 0 atom stereocenters. The van der Waals surface area contributed by atoms with E-state index in [-0.39, 0.29) is 23.3 Å². The third-order valence-electron chi connectivity index (χ3n) is 2.79. The Balaban J connectivity index is 2.82. The molecular formula is C13H17NO4. The SMILES string of the molecule is CC(=O)c1ccc(C)n(CCCCC(=O)O)c1=O. The van der Waals surface area contributed by atoms with Crippen molar-refractivity contribution in [2.75, 3.05) is 0 Å². The molecule has 0 bridgehead atoms. The summed E-state index contributed by atoms with van der Waals surface area (Å²) in [4.78, 5) is 33.6. The Bertz CT molecular complexity index is 516. The number of ketones is 1. The molecular weight excluding hydrogens is 234 g/mol. The molecule has 0 aliphatic carbocycles. The van der Waals surface area contributed by atoms with Gasteiger partial charge in [0.2, 0.25) is 0 Å². The molecule has 1 N–H and O–H groups in total. The molecule has 0 aliphatic heterocycles. The summed E-state index contributed by atoms with van der Waals surface area (Å²) in [6, 6.07) is 3.27. The van der Waals surface area contributed by atoms with Gasteiger partial charge in [0.1, 0.15) is 0 Å². The Morgan fingerprint density at radius 1 is 1.28 bits per heavy atom. The number of hydrogen-bond acceptors (Lipinski definition) is 3. The van der Waals surface area contributed by atoms with Gasteiger partial charge in [-0.05, 0) is 38.8 Å². The number of aryl methyl sites for hydroxylation is 1. The Labute approximate surface area is 105 Å². The molecule has 0 aliphatic rings. The van der Waals surface area contributed by atoms with Gasteiger partial charge in [-0.1, -0.05) is 0 Å². The van der Waals surface area contributed by atoms with Gasteiger partial charge >= 0.3 is 5.97 Å². The van der Waals surface area contributed by atoms with Gasteiger partial charge in [-0.25, -0.2) is 0 Å². The normalized spacial score (nSPS) is 10.3. The highest BCUT2D eigenvalue weighted by atomic mass is 16.4. The van der Waals surface area contributed by atoms with E-state index < -0.39 is 5.97 Å². The zero-order valence-corrected chi connectivity index (χ0v) is 10.6. The largest absolute Gasteiger partial charge is 0.481 e. The molecule has 18 heavy (non-hydrogen) atoms. The van der Waals surface area contributed by atoms with Crippen LogP contribution in [0.15, 0.2) is 16.9 Å². The molecule has 0 unspecified atom stereocenters. The zero-order valence-electron chi connectivity index (χ0n) is 10.6. The molecule has 5 heteroatoms. The van der Waals surface area contributed by atoms with E-state index in [1.54, 1.807) is 13.0 Å². The third kappa shape index (κ3) is 3.55. The fourth-order valence-electron chi connectivity index (χ4n) is 1.76. The summed E-state index contributed by atoms with van der Waals surface area (Å²) in [5.41, 5.74) is 0.664. The first kappa shape index (κ1) is 14.2. The smallest absolute Gasteiger partial charge is 0.303 e. The first-order chi connectivity index (χ1) is 8.43. The van der Waals surface area contributed by atoms with Crippen LogP contribution in [0.4, 0.5) is 0 Å². The van der Waals surface area contributed by atoms with E-state index in [4.69, 9.17) is 5.11 Å². The van der Waals surface area contributed by atoms with Crippen molar-refractivity contribution in [1.29, 1.82) is 0 Å². The van der Waals surface area contributed by atoms with Crippen LogP contribution in [-0.2, 0) is 11.3 Å². The summed E-state index contributed by atoms with van der Waals surface area (Å²) >= 11 is 0. The van der Waals surface area contributed by atoms with E-state index in [9.17, 15) is 14.4 Å². The number of aliphatic carboxylic acids is 1. The first-order valence-electron chi connectivity index (χ1n) is 5.86. The van der Waals surface area contributed by atoms with Gasteiger partial charge in [-0.3, -0.25) is 14.4 Å². The summed E-state index contributed by atoms with van der Waals surface area (Å²) < 4.78 is 1.53. The maximum atomic E-state index is 12.0. The van der Waals surface area contributed by atoms with E-state index in [0.717, 1.165) is 5.69 Å². The minimum Gasteiger partial charge on any atom is -0.481 e. The molecule has 5 nitrogen and oxygen atoms in total. The van der Waals surface area contributed by atoms with Crippen LogP contribution in [-0.4, -0.2) is 21.4 Å². The molecule has 0 aromatic carbocycles. The van der Waals surface area contributed by atoms with Gasteiger partial charge < -0.3 is 9.67 Å². The Kier molecular flexibility index (Phi) is 4.83. The Morgan fingerprint density at radius 3 is 2.50 bits per heavy atom. The highest BCUT2D eigenvalue weighted by molar-refractivity contribution is 5.93.